The molecular weight excluding hydrogens is 440 g/mol. The van der Waals surface area contributed by atoms with Crippen LogP contribution in [0.15, 0.2) is 60.7 Å². The summed E-state index contributed by atoms with van der Waals surface area (Å²) in [5.74, 6) is 4.33. The highest BCUT2D eigenvalue weighted by molar-refractivity contribution is 6.87. The van der Waals surface area contributed by atoms with Gasteiger partial charge in [-0.15, -0.1) is 5.54 Å². The van der Waals surface area contributed by atoms with Crippen LogP contribution in [0, 0.1) is 22.8 Å². The fourth-order valence-corrected chi connectivity index (χ4v) is 10.5. The first kappa shape index (κ1) is 27.5. The van der Waals surface area contributed by atoms with E-state index in [2.05, 4.69) is 92.9 Å². The fraction of sp³-hybridized carbons (Fsp3) is 0.545. The summed E-state index contributed by atoms with van der Waals surface area (Å²) >= 11 is 0. The molecule has 0 heterocycles. The van der Waals surface area contributed by atoms with E-state index in [9.17, 15) is 4.79 Å². The van der Waals surface area contributed by atoms with Gasteiger partial charge in [-0.3, -0.25) is 4.79 Å². The van der Waals surface area contributed by atoms with Gasteiger partial charge in [0.15, 0.2) is 5.78 Å². The molecule has 1 aliphatic rings. The highest BCUT2D eigenvalue weighted by Crippen LogP contribution is 2.43. The molecule has 2 heteroatoms. The fourth-order valence-electron chi connectivity index (χ4n) is 5.81. The summed E-state index contributed by atoms with van der Waals surface area (Å²) in [6.07, 6.45) is 11.0. The first-order chi connectivity index (χ1) is 17.1. The van der Waals surface area contributed by atoms with Gasteiger partial charge in [-0.1, -0.05) is 126 Å². The molecular formula is C33H46OSi. The Balaban J connectivity index is 1.96. The largest absolute Gasteiger partial charge is 0.298 e. The molecule has 0 aromatic heterocycles. The number of benzene rings is 2. The maximum absolute atomic E-state index is 14.1. The van der Waals surface area contributed by atoms with E-state index >= 15 is 0 Å². The van der Waals surface area contributed by atoms with Crippen LogP contribution in [0.2, 0.25) is 18.1 Å². The molecule has 1 aliphatic carbocycles. The average molecular weight is 487 g/mol. The molecule has 2 atom stereocenters. The molecule has 0 N–H and O–H groups in total. The maximum Gasteiger partial charge on any atom is 0.154 e. The standard InChI is InChI=1S/C33H46OSi/c1-4-7-23-35(24-8-5-2,25-9-6-3)26-22-33(28-30-18-14-11-15-19-30)21-20-31(32(33)34)27-29-16-12-10-13-17-29/h10-19,31H,4-9,20-21,23-25,27-28H2,1-3H3/t31-,33+/m1/s1. The van der Waals surface area contributed by atoms with Crippen molar-refractivity contribution in [3.05, 3.63) is 71.8 Å². The van der Waals surface area contributed by atoms with Crippen LogP contribution in [0.5, 0.6) is 0 Å². The summed E-state index contributed by atoms with van der Waals surface area (Å²) in [4.78, 5) is 14.1. The number of rotatable bonds is 13. The van der Waals surface area contributed by atoms with Crippen molar-refractivity contribution in [3.8, 4) is 11.5 Å². The third kappa shape index (κ3) is 7.68. The van der Waals surface area contributed by atoms with E-state index in [1.165, 1.54) is 67.8 Å². The van der Waals surface area contributed by atoms with E-state index in [-0.39, 0.29) is 5.92 Å². The first-order valence-electron chi connectivity index (χ1n) is 14.2. The molecule has 0 radical (unpaired) electrons. The van der Waals surface area contributed by atoms with E-state index < -0.39 is 13.5 Å². The Morgan fingerprint density at radius 3 is 1.83 bits per heavy atom. The lowest BCUT2D eigenvalue weighted by Crippen LogP contribution is -2.35. The van der Waals surface area contributed by atoms with Crippen molar-refractivity contribution in [1.29, 1.82) is 0 Å². The minimum absolute atomic E-state index is 0.0911. The van der Waals surface area contributed by atoms with Gasteiger partial charge in [0.2, 0.25) is 0 Å². The normalized spacial score (nSPS) is 20.0. The van der Waals surface area contributed by atoms with Crippen molar-refractivity contribution >= 4 is 13.9 Å². The monoisotopic (exact) mass is 486 g/mol. The minimum Gasteiger partial charge on any atom is -0.298 e. The number of hydrogen-bond donors (Lipinski definition) is 0. The van der Waals surface area contributed by atoms with Crippen LogP contribution in [0.3, 0.4) is 0 Å². The lowest BCUT2D eigenvalue weighted by Gasteiger charge is -2.28. The minimum atomic E-state index is -1.73. The number of ketones is 1. The van der Waals surface area contributed by atoms with Crippen molar-refractivity contribution < 1.29 is 4.79 Å². The Morgan fingerprint density at radius 1 is 0.800 bits per heavy atom. The average Bonchev–Trinajstić information content (AvgIpc) is 3.19. The van der Waals surface area contributed by atoms with E-state index in [0.717, 1.165) is 25.7 Å². The van der Waals surface area contributed by atoms with Gasteiger partial charge >= 0.3 is 0 Å². The highest BCUT2D eigenvalue weighted by Gasteiger charge is 2.47. The van der Waals surface area contributed by atoms with E-state index in [1.54, 1.807) is 0 Å². The molecule has 35 heavy (non-hydrogen) atoms. The first-order valence-corrected chi connectivity index (χ1v) is 16.8. The molecule has 2 aromatic rings. The molecule has 1 saturated carbocycles. The zero-order valence-electron chi connectivity index (χ0n) is 22.5. The summed E-state index contributed by atoms with van der Waals surface area (Å²) in [5, 5.41) is 0. The molecule has 2 aromatic carbocycles. The van der Waals surface area contributed by atoms with Gasteiger partial charge in [0.25, 0.3) is 0 Å². The summed E-state index contributed by atoms with van der Waals surface area (Å²) < 4.78 is 0. The molecule has 0 amide bonds. The van der Waals surface area contributed by atoms with Crippen molar-refractivity contribution in [2.24, 2.45) is 11.3 Å². The number of carbonyl (C=O) groups is 1. The molecule has 0 bridgehead atoms. The van der Waals surface area contributed by atoms with E-state index in [4.69, 9.17) is 0 Å². The quantitative estimate of drug-likeness (QED) is 0.204. The Bertz CT molecular complexity index is 933. The van der Waals surface area contributed by atoms with Crippen molar-refractivity contribution in [2.45, 2.75) is 103 Å². The maximum atomic E-state index is 14.1. The van der Waals surface area contributed by atoms with Crippen LogP contribution in [0.4, 0.5) is 0 Å². The molecule has 1 fully saturated rings. The predicted molar refractivity (Wildman–Crippen MR) is 153 cm³/mol. The van der Waals surface area contributed by atoms with Gasteiger partial charge in [-0.25, -0.2) is 0 Å². The Labute approximate surface area is 216 Å². The molecule has 0 aliphatic heterocycles. The summed E-state index contributed by atoms with van der Waals surface area (Å²) in [6, 6.07) is 25.1. The second-order valence-electron chi connectivity index (χ2n) is 10.9. The molecule has 1 nitrogen and oxygen atoms in total. The number of hydrogen-bond acceptors (Lipinski definition) is 1. The third-order valence-electron chi connectivity index (χ3n) is 8.03. The van der Waals surface area contributed by atoms with Gasteiger partial charge in [0.1, 0.15) is 8.07 Å². The van der Waals surface area contributed by atoms with Gasteiger partial charge in [-0.05, 0) is 54.9 Å². The summed E-state index contributed by atoms with van der Waals surface area (Å²) in [6.45, 7) is 6.91. The van der Waals surface area contributed by atoms with Gasteiger partial charge in [0.05, 0.1) is 5.41 Å². The van der Waals surface area contributed by atoms with Gasteiger partial charge < -0.3 is 0 Å². The lowest BCUT2D eigenvalue weighted by molar-refractivity contribution is -0.126. The van der Waals surface area contributed by atoms with Crippen LogP contribution < -0.4 is 0 Å². The van der Waals surface area contributed by atoms with Crippen LogP contribution in [0.25, 0.3) is 0 Å². The predicted octanol–water partition coefficient (Wildman–Crippen LogP) is 8.83. The van der Waals surface area contributed by atoms with Gasteiger partial charge in [0, 0.05) is 5.92 Å². The second-order valence-corrected chi connectivity index (χ2v) is 15.2. The Kier molecular flexibility index (Phi) is 10.9. The van der Waals surface area contributed by atoms with E-state index in [0.29, 0.717) is 5.78 Å². The highest BCUT2D eigenvalue weighted by atomic mass is 28.3. The lowest BCUT2D eigenvalue weighted by atomic mass is 9.78. The molecule has 0 saturated heterocycles. The van der Waals surface area contributed by atoms with Crippen LogP contribution in [-0.2, 0) is 17.6 Å². The van der Waals surface area contributed by atoms with E-state index in [1.807, 2.05) is 0 Å². The van der Waals surface area contributed by atoms with Gasteiger partial charge in [-0.2, -0.15) is 0 Å². The Hall–Kier alpha value is -2.11. The van der Waals surface area contributed by atoms with Crippen LogP contribution in [0.1, 0.15) is 83.3 Å². The van der Waals surface area contributed by atoms with Crippen molar-refractivity contribution in [3.63, 3.8) is 0 Å². The summed E-state index contributed by atoms with van der Waals surface area (Å²) in [7, 11) is -1.73. The van der Waals surface area contributed by atoms with Crippen LogP contribution in [-0.4, -0.2) is 13.9 Å². The SMILES string of the molecule is CCCC[Si](C#C[C@]1(Cc2ccccc2)CC[C@H](Cc2ccccc2)C1=O)(CCCC)CCCC. The third-order valence-corrected chi connectivity index (χ3v) is 12.6. The van der Waals surface area contributed by atoms with Crippen LogP contribution >= 0.6 is 0 Å². The summed E-state index contributed by atoms with van der Waals surface area (Å²) in [5.41, 5.74) is 6.03. The zero-order valence-corrected chi connectivity index (χ0v) is 23.5. The second kappa shape index (κ2) is 13.8. The molecule has 3 rings (SSSR count). The Morgan fingerprint density at radius 2 is 1.31 bits per heavy atom. The number of Topliss-reactive ketones (excluding diaryl/α,β-unsaturated/α-hetero) is 1. The smallest absolute Gasteiger partial charge is 0.154 e. The van der Waals surface area contributed by atoms with Crippen molar-refractivity contribution in [2.75, 3.05) is 0 Å². The molecule has 0 unspecified atom stereocenters. The van der Waals surface area contributed by atoms with Crippen molar-refractivity contribution in [1.82, 2.24) is 0 Å². The topological polar surface area (TPSA) is 17.1 Å². The number of unbranched alkanes of at least 4 members (excludes halogenated alkanes) is 3. The molecule has 0 spiro atoms. The molecule has 188 valence electrons. The zero-order chi connectivity index (χ0) is 25.0. The number of carbonyl (C=O) groups excluding carboxylic acids is 1.